The highest BCUT2D eigenvalue weighted by molar-refractivity contribution is 5.66. The molecule has 28 heavy (non-hydrogen) atoms. The molecular formula is C22H34O6. The average Bonchev–Trinajstić information content (AvgIpc) is 3.04. The van der Waals surface area contributed by atoms with Crippen molar-refractivity contribution in [3.05, 3.63) is 48.6 Å². The second kappa shape index (κ2) is 14.3. The lowest BCUT2D eigenvalue weighted by Gasteiger charge is -2.17. The third kappa shape index (κ3) is 10.6. The Labute approximate surface area is 167 Å². The van der Waals surface area contributed by atoms with Gasteiger partial charge in [-0.1, -0.05) is 55.5 Å². The Morgan fingerprint density at radius 2 is 1.75 bits per heavy atom. The molecule has 4 N–H and O–H groups in total. The Bertz CT molecular complexity index is 551. The van der Waals surface area contributed by atoms with Gasteiger partial charge < -0.3 is 25.2 Å². The number of aliphatic hydroxyl groups is 3. The lowest BCUT2D eigenvalue weighted by atomic mass is 10.0. The second-order valence-electron chi connectivity index (χ2n) is 6.92. The predicted octanol–water partition coefficient (Wildman–Crippen LogP) is 2.90. The zero-order chi connectivity index (χ0) is 20.8. The van der Waals surface area contributed by atoms with Crippen LogP contribution in [0.4, 0.5) is 0 Å². The van der Waals surface area contributed by atoms with E-state index in [1.165, 1.54) is 0 Å². The van der Waals surface area contributed by atoms with Crippen molar-refractivity contribution in [2.24, 2.45) is 0 Å². The summed E-state index contributed by atoms with van der Waals surface area (Å²) in [6.45, 7) is 2.10. The van der Waals surface area contributed by atoms with Crippen LogP contribution in [0.2, 0.25) is 0 Å². The summed E-state index contributed by atoms with van der Waals surface area (Å²) in [7, 11) is 0. The monoisotopic (exact) mass is 394 g/mol. The van der Waals surface area contributed by atoms with Gasteiger partial charge in [-0.15, -0.1) is 0 Å². The summed E-state index contributed by atoms with van der Waals surface area (Å²) < 4.78 is 5.59. The Balaban J connectivity index is 2.29. The lowest BCUT2D eigenvalue weighted by Crippen LogP contribution is -2.26. The van der Waals surface area contributed by atoms with Crippen LogP contribution in [0, 0.1) is 0 Å². The molecule has 0 aliphatic carbocycles. The number of carboxylic acids is 1. The molecule has 0 aromatic heterocycles. The molecular weight excluding hydrogens is 360 g/mol. The van der Waals surface area contributed by atoms with Crippen molar-refractivity contribution in [3.63, 3.8) is 0 Å². The van der Waals surface area contributed by atoms with Crippen LogP contribution in [-0.2, 0) is 9.53 Å². The highest BCUT2D eigenvalue weighted by Crippen LogP contribution is 2.25. The van der Waals surface area contributed by atoms with Gasteiger partial charge in [0.25, 0.3) is 0 Å². The molecule has 0 aromatic carbocycles. The molecule has 1 rings (SSSR count). The third-order valence-corrected chi connectivity index (χ3v) is 4.45. The van der Waals surface area contributed by atoms with Crippen LogP contribution in [-0.4, -0.2) is 56.9 Å². The summed E-state index contributed by atoms with van der Waals surface area (Å²) in [6.07, 6.45) is 15.4. The van der Waals surface area contributed by atoms with Crippen molar-refractivity contribution in [2.75, 3.05) is 0 Å². The first kappa shape index (κ1) is 24.3. The van der Waals surface area contributed by atoms with E-state index in [0.29, 0.717) is 6.42 Å². The molecule has 0 saturated carbocycles. The first-order valence-electron chi connectivity index (χ1n) is 9.98. The van der Waals surface area contributed by atoms with Gasteiger partial charge in [-0.2, -0.15) is 0 Å². The van der Waals surface area contributed by atoms with Crippen molar-refractivity contribution in [2.45, 2.75) is 82.4 Å². The maximum absolute atomic E-state index is 10.6. The molecule has 158 valence electrons. The van der Waals surface area contributed by atoms with Crippen molar-refractivity contribution in [1.29, 1.82) is 0 Å². The highest BCUT2D eigenvalue weighted by atomic mass is 16.5. The molecule has 6 nitrogen and oxygen atoms in total. The van der Waals surface area contributed by atoms with Gasteiger partial charge in [-0.05, 0) is 32.1 Å². The maximum atomic E-state index is 10.6. The van der Waals surface area contributed by atoms with Gasteiger partial charge in [0.15, 0.2) is 0 Å². The van der Waals surface area contributed by atoms with Crippen molar-refractivity contribution < 1.29 is 30.0 Å². The Morgan fingerprint density at radius 1 is 1.11 bits per heavy atom. The largest absolute Gasteiger partial charge is 0.481 e. The number of allylic oxidation sites excluding steroid dienone is 5. The van der Waals surface area contributed by atoms with Crippen molar-refractivity contribution in [1.82, 2.24) is 0 Å². The van der Waals surface area contributed by atoms with Crippen LogP contribution in [0.3, 0.4) is 0 Å². The molecule has 1 saturated heterocycles. The second-order valence-corrected chi connectivity index (χ2v) is 6.92. The van der Waals surface area contributed by atoms with Crippen molar-refractivity contribution >= 4 is 5.97 Å². The van der Waals surface area contributed by atoms with E-state index in [4.69, 9.17) is 9.84 Å². The third-order valence-electron chi connectivity index (χ3n) is 4.45. The summed E-state index contributed by atoms with van der Waals surface area (Å²) in [6, 6.07) is 0. The number of carboxylic acid groups (broad SMARTS) is 1. The highest BCUT2D eigenvalue weighted by Gasteiger charge is 2.36. The number of hydrogen-bond acceptors (Lipinski definition) is 5. The van der Waals surface area contributed by atoms with E-state index in [2.05, 4.69) is 31.2 Å². The topological polar surface area (TPSA) is 107 Å². The minimum atomic E-state index is -0.978. The molecule has 6 heteroatoms. The zero-order valence-corrected chi connectivity index (χ0v) is 16.6. The minimum Gasteiger partial charge on any atom is -0.481 e. The van der Waals surface area contributed by atoms with Gasteiger partial charge >= 0.3 is 5.97 Å². The molecule has 0 amide bonds. The van der Waals surface area contributed by atoms with Crippen LogP contribution in [0.15, 0.2) is 48.6 Å². The summed E-state index contributed by atoms with van der Waals surface area (Å²) >= 11 is 0. The molecule has 1 heterocycles. The van der Waals surface area contributed by atoms with E-state index >= 15 is 0 Å². The number of aliphatic hydroxyl groups excluding tert-OH is 3. The summed E-state index contributed by atoms with van der Waals surface area (Å²) in [5, 5.41) is 38.7. The Morgan fingerprint density at radius 3 is 2.39 bits per heavy atom. The maximum Gasteiger partial charge on any atom is 0.303 e. The number of hydrogen-bond donors (Lipinski definition) is 4. The molecule has 0 unspecified atom stereocenters. The molecule has 0 spiro atoms. The smallest absolute Gasteiger partial charge is 0.303 e. The fraction of sp³-hybridized carbons (Fsp3) is 0.591. The normalized spacial score (nSPS) is 25.5. The first-order chi connectivity index (χ1) is 13.4. The van der Waals surface area contributed by atoms with Crippen LogP contribution in [0.5, 0.6) is 0 Å². The van der Waals surface area contributed by atoms with Gasteiger partial charge in [-0.25, -0.2) is 0 Å². The van der Waals surface area contributed by atoms with E-state index in [9.17, 15) is 20.1 Å². The Kier molecular flexibility index (Phi) is 12.4. The van der Waals surface area contributed by atoms with E-state index < -0.39 is 36.5 Å². The zero-order valence-electron chi connectivity index (χ0n) is 16.6. The molecule has 1 aliphatic rings. The quantitative estimate of drug-likeness (QED) is 0.358. The van der Waals surface area contributed by atoms with Gasteiger partial charge in [0, 0.05) is 12.8 Å². The van der Waals surface area contributed by atoms with E-state index in [0.717, 1.165) is 19.3 Å². The standard InChI is InChI=1S/C22H34O6/c1-2-3-4-5-6-7-8-9-10-11-17(23)12-14-20-19(25)16-21(28-20)18(24)13-15-22(26)27/h3-4,6-7,9-10,12,14,17-21,23-25H,2,5,8,11,13,15-16H2,1H3,(H,26,27)/b4-3-,7-6-,10-9-,14-12+/t17-,18+,19-,20-,21-/m1/s1. The summed E-state index contributed by atoms with van der Waals surface area (Å²) in [5.74, 6) is -0.978. The van der Waals surface area contributed by atoms with Gasteiger partial charge in [-0.3, -0.25) is 4.79 Å². The van der Waals surface area contributed by atoms with Gasteiger partial charge in [0.2, 0.25) is 0 Å². The number of ether oxygens (including phenoxy) is 1. The average molecular weight is 395 g/mol. The van der Waals surface area contributed by atoms with E-state index in [1.54, 1.807) is 12.2 Å². The molecule has 0 aromatic rings. The number of carbonyl (C=O) groups is 1. The van der Waals surface area contributed by atoms with Crippen molar-refractivity contribution in [3.8, 4) is 0 Å². The summed E-state index contributed by atoms with van der Waals surface area (Å²) in [4.78, 5) is 10.6. The fourth-order valence-corrected chi connectivity index (χ4v) is 2.86. The van der Waals surface area contributed by atoms with E-state index in [1.807, 2.05) is 12.2 Å². The fourth-order valence-electron chi connectivity index (χ4n) is 2.86. The van der Waals surface area contributed by atoms with E-state index in [-0.39, 0.29) is 19.3 Å². The SMILES string of the molecule is CC/C=C\C/C=C\C/C=C\C[C@@H](O)/C=C/[C@H]1O[C@@H]([C@@H](O)CCC(=O)O)C[C@H]1O. The minimum absolute atomic E-state index is 0.0832. The van der Waals surface area contributed by atoms with Crippen LogP contribution >= 0.6 is 0 Å². The van der Waals surface area contributed by atoms with Crippen LogP contribution < -0.4 is 0 Å². The molecule has 1 fully saturated rings. The summed E-state index contributed by atoms with van der Waals surface area (Å²) in [5.41, 5.74) is 0. The number of rotatable bonds is 13. The predicted molar refractivity (Wildman–Crippen MR) is 109 cm³/mol. The molecule has 0 bridgehead atoms. The first-order valence-corrected chi connectivity index (χ1v) is 9.98. The van der Waals surface area contributed by atoms with Gasteiger partial charge in [0.05, 0.1) is 24.4 Å². The van der Waals surface area contributed by atoms with Crippen LogP contribution in [0.25, 0.3) is 0 Å². The Hall–Kier alpha value is -1.73. The molecule has 5 atom stereocenters. The van der Waals surface area contributed by atoms with Crippen LogP contribution in [0.1, 0.15) is 51.9 Å². The molecule has 1 aliphatic heterocycles. The molecule has 0 radical (unpaired) electrons. The number of aliphatic carboxylic acids is 1. The van der Waals surface area contributed by atoms with Gasteiger partial charge in [0.1, 0.15) is 6.10 Å². The lowest BCUT2D eigenvalue weighted by molar-refractivity contribution is -0.138.